The summed E-state index contributed by atoms with van der Waals surface area (Å²) < 4.78 is 37.3. The Morgan fingerprint density at radius 1 is 1.50 bits per heavy atom. The molecule has 2 heterocycles. The fourth-order valence-electron chi connectivity index (χ4n) is 3.17. The summed E-state index contributed by atoms with van der Waals surface area (Å²) in [5.74, 6) is 0.222. The second-order valence-corrected chi connectivity index (χ2v) is 6.04. The number of halogens is 3. The highest BCUT2D eigenvalue weighted by Crippen LogP contribution is 2.36. The quantitative estimate of drug-likeness (QED) is 0.901. The van der Waals surface area contributed by atoms with Crippen LogP contribution in [-0.2, 0) is 0 Å². The van der Waals surface area contributed by atoms with Crippen molar-refractivity contribution in [2.45, 2.75) is 24.7 Å². The van der Waals surface area contributed by atoms with Gasteiger partial charge in [-0.15, -0.1) is 0 Å². The summed E-state index contributed by atoms with van der Waals surface area (Å²) in [6.07, 6.45) is -2.43. The first-order valence-electron chi connectivity index (χ1n) is 7.32. The average molecular weight is 317 g/mol. The molecule has 0 saturated carbocycles. The highest BCUT2D eigenvalue weighted by Gasteiger charge is 2.40. The maximum absolute atomic E-state index is 12.4. The molecule has 1 aliphatic heterocycles. The van der Waals surface area contributed by atoms with E-state index in [1.54, 1.807) is 18.1 Å². The smallest absolute Gasteiger partial charge is 0.382 e. The molecule has 0 aromatic carbocycles. The Morgan fingerprint density at radius 2 is 2.23 bits per heavy atom. The molecule has 1 fully saturated rings. The molecule has 0 spiro atoms. The molecule has 3 atom stereocenters. The third-order valence-corrected chi connectivity index (χ3v) is 4.21. The summed E-state index contributed by atoms with van der Waals surface area (Å²) in [6.45, 7) is 1.01. The molecule has 0 radical (unpaired) electrons. The van der Waals surface area contributed by atoms with E-state index in [1.165, 1.54) is 0 Å². The van der Waals surface area contributed by atoms with Crippen molar-refractivity contribution < 1.29 is 18.3 Å². The van der Waals surface area contributed by atoms with Crippen LogP contribution in [0.2, 0.25) is 0 Å². The molecule has 0 unspecified atom stereocenters. The van der Waals surface area contributed by atoms with Crippen LogP contribution in [0.5, 0.6) is 0 Å². The first-order valence-corrected chi connectivity index (χ1v) is 7.32. The summed E-state index contributed by atoms with van der Waals surface area (Å²) in [5, 5.41) is 9.18. The van der Waals surface area contributed by atoms with Crippen LogP contribution in [-0.4, -0.2) is 65.9 Å². The van der Waals surface area contributed by atoms with Crippen molar-refractivity contribution in [3.63, 3.8) is 0 Å². The number of aromatic nitrogens is 1. The highest BCUT2D eigenvalue weighted by molar-refractivity contribution is 5.17. The van der Waals surface area contributed by atoms with Crippen molar-refractivity contribution in [1.29, 1.82) is 0 Å². The third kappa shape index (κ3) is 4.18. The molecule has 1 saturated heterocycles. The molecule has 124 valence electrons. The summed E-state index contributed by atoms with van der Waals surface area (Å²) in [5.41, 5.74) is 1.08. The Bertz CT molecular complexity index is 469. The number of hydrogen-bond donors (Lipinski definition) is 1. The Hall–Kier alpha value is -1.18. The van der Waals surface area contributed by atoms with Crippen molar-refractivity contribution in [3.8, 4) is 0 Å². The minimum atomic E-state index is -4.57. The Balaban J connectivity index is 1.99. The molecular weight excluding hydrogens is 295 g/mol. The zero-order chi connectivity index (χ0) is 16.3. The van der Waals surface area contributed by atoms with E-state index in [9.17, 15) is 18.3 Å². The standard InChI is InChI=1S/C15H22F3N3O/c1-20(10-13(22)15(16,17)18)9-12-5-7-21(2)14(12)11-4-3-6-19-8-11/h3-4,6,8,12-14,22H,5,7,9-10H2,1-2H3/t12-,13-,14-/m0/s1. The Labute approximate surface area is 128 Å². The van der Waals surface area contributed by atoms with Crippen molar-refractivity contribution >= 4 is 0 Å². The normalized spacial score (nSPS) is 24.9. The molecule has 7 heteroatoms. The van der Waals surface area contributed by atoms with E-state index in [0.29, 0.717) is 6.54 Å². The number of nitrogens with zero attached hydrogens (tertiary/aromatic N) is 3. The number of likely N-dealkylation sites (N-methyl/N-ethyl adjacent to an activating group) is 1. The Morgan fingerprint density at radius 3 is 2.82 bits per heavy atom. The monoisotopic (exact) mass is 317 g/mol. The van der Waals surface area contributed by atoms with Gasteiger partial charge in [-0.25, -0.2) is 0 Å². The number of rotatable bonds is 5. The van der Waals surface area contributed by atoms with Gasteiger partial charge in [-0.2, -0.15) is 13.2 Å². The lowest BCUT2D eigenvalue weighted by molar-refractivity contribution is -0.207. The molecular formula is C15H22F3N3O. The molecule has 1 aliphatic rings. The molecule has 1 aromatic heterocycles. The number of alkyl halides is 3. The van der Waals surface area contributed by atoms with Crippen molar-refractivity contribution in [2.75, 3.05) is 33.7 Å². The number of aliphatic hydroxyl groups excluding tert-OH is 1. The molecule has 0 amide bonds. The lowest BCUT2D eigenvalue weighted by atomic mass is 9.94. The van der Waals surface area contributed by atoms with Gasteiger partial charge < -0.3 is 10.0 Å². The SMILES string of the molecule is CN(C[C@@H]1CCN(C)[C@H]1c1cccnc1)C[C@H](O)C(F)(F)F. The van der Waals surface area contributed by atoms with E-state index >= 15 is 0 Å². The van der Waals surface area contributed by atoms with E-state index in [-0.39, 0.29) is 12.0 Å². The van der Waals surface area contributed by atoms with Crippen molar-refractivity contribution in [2.24, 2.45) is 5.92 Å². The van der Waals surface area contributed by atoms with E-state index in [4.69, 9.17) is 0 Å². The lowest BCUT2D eigenvalue weighted by Crippen LogP contribution is -2.41. The minimum Gasteiger partial charge on any atom is -0.382 e. The lowest BCUT2D eigenvalue weighted by Gasteiger charge is -2.29. The van der Waals surface area contributed by atoms with Gasteiger partial charge in [0.1, 0.15) is 0 Å². The van der Waals surface area contributed by atoms with Crippen LogP contribution in [0, 0.1) is 5.92 Å². The molecule has 1 N–H and O–H groups in total. The number of aliphatic hydroxyl groups is 1. The van der Waals surface area contributed by atoms with Crippen LogP contribution in [0.25, 0.3) is 0 Å². The third-order valence-electron chi connectivity index (χ3n) is 4.21. The summed E-state index contributed by atoms with van der Waals surface area (Å²) in [4.78, 5) is 7.89. The molecule has 0 bridgehead atoms. The van der Waals surface area contributed by atoms with Crippen LogP contribution in [0.15, 0.2) is 24.5 Å². The molecule has 2 rings (SSSR count). The second kappa shape index (κ2) is 6.93. The van der Waals surface area contributed by atoms with Crippen molar-refractivity contribution in [1.82, 2.24) is 14.8 Å². The molecule has 1 aromatic rings. The van der Waals surface area contributed by atoms with Crippen molar-refractivity contribution in [3.05, 3.63) is 30.1 Å². The topological polar surface area (TPSA) is 39.6 Å². The predicted octanol–water partition coefficient (Wildman–Crippen LogP) is 1.93. The maximum atomic E-state index is 12.4. The predicted molar refractivity (Wildman–Crippen MR) is 77.3 cm³/mol. The second-order valence-electron chi connectivity index (χ2n) is 6.04. The zero-order valence-electron chi connectivity index (χ0n) is 12.8. The van der Waals surface area contributed by atoms with Gasteiger partial charge in [0.25, 0.3) is 0 Å². The van der Waals surface area contributed by atoms with Crippen LogP contribution < -0.4 is 0 Å². The van der Waals surface area contributed by atoms with Crippen LogP contribution >= 0.6 is 0 Å². The zero-order valence-corrected chi connectivity index (χ0v) is 12.8. The Kier molecular flexibility index (Phi) is 5.41. The van der Waals surface area contributed by atoms with E-state index in [2.05, 4.69) is 9.88 Å². The van der Waals surface area contributed by atoms with Gasteiger partial charge in [0.2, 0.25) is 0 Å². The van der Waals surface area contributed by atoms with Crippen LogP contribution in [0.4, 0.5) is 13.2 Å². The molecule has 4 nitrogen and oxygen atoms in total. The van der Waals surface area contributed by atoms with Gasteiger partial charge in [0.05, 0.1) is 0 Å². The van der Waals surface area contributed by atoms with E-state index in [0.717, 1.165) is 18.5 Å². The van der Waals surface area contributed by atoms with Gasteiger partial charge in [0, 0.05) is 31.5 Å². The summed E-state index contributed by atoms with van der Waals surface area (Å²) in [6, 6.07) is 4.02. The van der Waals surface area contributed by atoms with Gasteiger partial charge in [0.15, 0.2) is 6.10 Å². The number of hydrogen-bond acceptors (Lipinski definition) is 4. The number of pyridine rings is 1. The largest absolute Gasteiger partial charge is 0.415 e. The minimum absolute atomic E-state index is 0.152. The van der Waals surface area contributed by atoms with Crippen LogP contribution in [0.1, 0.15) is 18.0 Å². The fraction of sp³-hybridized carbons (Fsp3) is 0.667. The first kappa shape index (κ1) is 17.2. The number of likely N-dealkylation sites (tertiary alicyclic amines) is 1. The average Bonchev–Trinajstić information content (AvgIpc) is 2.79. The highest BCUT2D eigenvalue weighted by atomic mass is 19.4. The van der Waals surface area contributed by atoms with E-state index in [1.807, 2.05) is 25.4 Å². The van der Waals surface area contributed by atoms with Gasteiger partial charge >= 0.3 is 6.18 Å². The van der Waals surface area contributed by atoms with Crippen LogP contribution in [0.3, 0.4) is 0 Å². The molecule has 0 aliphatic carbocycles. The molecule has 22 heavy (non-hydrogen) atoms. The maximum Gasteiger partial charge on any atom is 0.415 e. The van der Waals surface area contributed by atoms with Gasteiger partial charge in [-0.1, -0.05) is 6.07 Å². The van der Waals surface area contributed by atoms with Gasteiger partial charge in [-0.3, -0.25) is 9.88 Å². The summed E-state index contributed by atoms with van der Waals surface area (Å²) >= 11 is 0. The first-order chi connectivity index (χ1) is 10.3. The van der Waals surface area contributed by atoms with Gasteiger partial charge in [-0.05, 0) is 44.6 Å². The fourth-order valence-corrected chi connectivity index (χ4v) is 3.17. The summed E-state index contributed by atoms with van der Waals surface area (Å²) in [7, 11) is 3.63. The van der Waals surface area contributed by atoms with E-state index < -0.39 is 18.8 Å².